The highest BCUT2D eigenvalue weighted by Gasteiger charge is 2.56. The van der Waals surface area contributed by atoms with Crippen molar-refractivity contribution < 1.29 is 19.1 Å². The molecule has 0 spiro atoms. The summed E-state index contributed by atoms with van der Waals surface area (Å²) in [6.45, 7) is 5.94. The normalized spacial score (nSPS) is 30.2. The van der Waals surface area contributed by atoms with E-state index in [4.69, 9.17) is 9.47 Å². The van der Waals surface area contributed by atoms with Crippen LogP contribution in [0.3, 0.4) is 0 Å². The maximum absolute atomic E-state index is 12.7. The van der Waals surface area contributed by atoms with E-state index in [1.54, 1.807) is 4.90 Å². The summed E-state index contributed by atoms with van der Waals surface area (Å²) in [7, 11) is 0. The summed E-state index contributed by atoms with van der Waals surface area (Å²) >= 11 is 0. The molecule has 2 aliphatic heterocycles. The van der Waals surface area contributed by atoms with E-state index in [1.165, 1.54) is 6.08 Å². The summed E-state index contributed by atoms with van der Waals surface area (Å²) in [6, 6.07) is 9.51. The molecule has 0 aliphatic carbocycles. The molecule has 0 radical (unpaired) electrons. The lowest BCUT2D eigenvalue weighted by Gasteiger charge is -2.34. The predicted molar refractivity (Wildman–Crippen MR) is 79.6 cm³/mol. The third kappa shape index (κ3) is 2.22. The zero-order valence-electron chi connectivity index (χ0n) is 12.5. The molecule has 0 aromatic heterocycles. The Morgan fingerprint density at radius 3 is 2.91 bits per heavy atom. The maximum atomic E-state index is 12.7. The highest BCUT2D eigenvalue weighted by atomic mass is 16.5. The van der Waals surface area contributed by atoms with Crippen molar-refractivity contribution in [3.8, 4) is 0 Å². The van der Waals surface area contributed by atoms with Gasteiger partial charge in [0.25, 0.3) is 0 Å². The van der Waals surface area contributed by atoms with Crippen LogP contribution in [0.25, 0.3) is 0 Å². The van der Waals surface area contributed by atoms with Crippen LogP contribution in [0.4, 0.5) is 0 Å². The summed E-state index contributed by atoms with van der Waals surface area (Å²) in [4.78, 5) is 26.4. The van der Waals surface area contributed by atoms with Gasteiger partial charge in [-0.15, -0.1) is 0 Å². The Kier molecular flexibility index (Phi) is 3.74. The fourth-order valence-corrected chi connectivity index (χ4v) is 3.26. The Bertz CT molecular complexity index is 600. The zero-order chi connectivity index (χ0) is 15.7. The number of benzene rings is 1. The lowest BCUT2D eigenvalue weighted by atomic mass is 10.0. The largest absolute Gasteiger partial charge is 0.461 e. The molecular weight excluding hydrogens is 282 g/mol. The number of esters is 1. The third-order valence-electron chi connectivity index (χ3n) is 4.36. The number of nitrogens with zero attached hydrogens (tertiary/aromatic N) is 1. The van der Waals surface area contributed by atoms with E-state index >= 15 is 0 Å². The van der Waals surface area contributed by atoms with Crippen LogP contribution in [0, 0.1) is 5.92 Å². The van der Waals surface area contributed by atoms with Crippen molar-refractivity contribution >= 4 is 11.9 Å². The third-order valence-corrected chi connectivity index (χ3v) is 4.36. The Labute approximate surface area is 129 Å². The van der Waals surface area contributed by atoms with Gasteiger partial charge in [-0.2, -0.15) is 0 Å². The first kappa shape index (κ1) is 14.8. The standard InChI is InChI=1S/C17H19NO4/c1-3-9-21-16(20)14-10-13-11-22-17(2,18(13)15(14)19)12-7-5-4-6-8-12/h3-8,13-14H,1,9-11H2,2H3/t13-,14-,17+/m0/s1. The summed E-state index contributed by atoms with van der Waals surface area (Å²) in [6.07, 6.45) is 1.94. The van der Waals surface area contributed by atoms with E-state index in [1.807, 2.05) is 37.3 Å². The number of fused-ring (bicyclic) bond motifs is 1. The molecule has 0 saturated carbocycles. The van der Waals surface area contributed by atoms with Gasteiger partial charge in [0.05, 0.1) is 12.6 Å². The molecule has 5 nitrogen and oxygen atoms in total. The second-order valence-corrected chi connectivity index (χ2v) is 5.73. The van der Waals surface area contributed by atoms with E-state index < -0.39 is 17.6 Å². The van der Waals surface area contributed by atoms with Gasteiger partial charge in [-0.05, 0) is 13.3 Å². The summed E-state index contributed by atoms with van der Waals surface area (Å²) in [5, 5.41) is 0. The summed E-state index contributed by atoms with van der Waals surface area (Å²) < 4.78 is 10.9. The molecular formula is C17H19NO4. The molecule has 2 heterocycles. The summed E-state index contributed by atoms with van der Waals surface area (Å²) in [5.74, 6) is -1.44. The smallest absolute Gasteiger partial charge is 0.318 e. The van der Waals surface area contributed by atoms with Gasteiger partial charge in [0.2, 0.25) is 5.91 Å². The molecule has 22 heavy (non-hydrogen) atoms. The van der Waals surface area contributed by atoms with Crippen molar-refractivity contribution in [3.05, 3.63) is 48.6 Å². The molecule has 0 unspecified atom stereocenters. The number of carbonyl (C=O) groups excluding carboxylic acids is 2. The number of hydrogen-bond donors (Lipinski definition) is 0. The van der Waals surface area contributed by atoms with Crippen molar-refractivity contribution in [2.24, 2.45) is 5.92 Å². The van der Waals surface area contributed by atoms with Crippen molar-refractivity contribution in [2.45, 2.75) is 25.1 Å². The highest BCUT2D eigenvalue weighted by molar-refractivity contribution is 6.00. The molecule has 1 aromatic carbocycles. The van der Waals surface area contributed by atoms with Crippen LogP contribution in [-0.2, 0) is 24.8 Å². The summed E-state index contributed by atoms with van der Waals surface area (Å²) in [5.41, 5.74) is 0.0854. The molecule has 2 aliphatic rings. The molecule has 0 N–H and O–H groups in total. The predicted octanol–water partition coefficient (Wildman–Crippen LogP) is 1.84. The molecule has 116 valence electrons. The average Bonchev–Trinajstić information content (AvgIpc) is 3.05. The van der Waals surface area contributed by atoms with Crippen LogP contribution < -0.4 is 0 Å². The molecule has 2 fully saturated rings. The van der Waals surface area contributed by atoms with Gasteiger partial charge in [-0.1, -0.05) is 43.0 Å². The number of ether oxygens (including phenoxy) is 2. The SMILES string of the molecule is C=CCOC(=O)[C@H]1C[C@H]2CO[C@](C)(c3ccccc3)N2C1=O. The molecule has 1 amide bonds. The minimum atomic E-state index is -0.823. The van der Waals surface area contributed by atoms with Gasteiger partial charge < -0.3 is 14.4 Å². The fraction of sp³-hybridized carbons (Fsp3) is 0.412. The second-order valence-electron chi connectivity index (χ2n) is 5.73. The topological polar surface area (TPSA) is 55.8 Å². The Balaban J connectivity index is 1.84. The number of carbonyl (C=O) groups is 2. The van der Waals surface area contributed by atoms with Gasteiger partial charge in [0.15, 0.2) is 5.72 Å². The van der Waals surface area contributed by atoms with Gasteiger partial charge >= 0.3 is 5.97 Å². The van der Waals surface area contributed by atoms with Crippen LogP contribution in [0.5, 0.6) is 0 Å². The molecule has 3 rings (SSSR count). The fourth-order valence-electron chi connectivity index (χ4n) is 3.26. The van der Waals surface area contributed by atoms with E-state index in [9.17, 15) is 9.59 Å². The zero-order valence-corrected chi connectivity index (χ0v) is 12.5. The van der Waals surface area contributed by atoms with Crippen molar-refractivity contribution in [1.82, 2.24) is 4.90 Å². The maximum Gasteiger partial charge on any atom is 0.318 e. The van der Waals surface area contributed by atoms with Crippen molar-refractivity contribution in [1.29, 1.82) is 0 Å². The Morgan fingerprint density at radius 2 is 2.23 bits per heavy atom. The first-order valence-corrected chi connectivity index (χ1v) is 7.38. The first-order chi connectivity index (χ1) is 10.6. The number of amides is 1. The van der Waals surface area contributed by atoms with Gasteiger partial charge in [0, 0.05) is 5.56 Å². The second kappa shape index (κ2) is 5.57. The van der Waals surface area contributed by atoms with E-state index in [0.717, 1.165) is 5.56 Å². The van der Waals surface area contributed by atoms with Gasteiger partial charge in [-0.3, -0.25) is 9.59 Å². The molecule has 1 aromatic rings. The molecule has 3 atom stereocenters. The minimum absolute atomic E-state index is 0.0843. The van der Waals surface area contributed by atoms with Gasteiger partial charge in [0.1, 0.15) is 12.5 Å². The van der Waals surface area contributed by atoms with Crippen LogP contribution >= 0.6 is 0 Å². The number of hydrogen-bond acceptors (Lipinski definition) is 4. The molecule has 2 saturated heterocycles. The minimum Gasteiger partial charge on any atom is -0.461 e. The van der Waals surface area contributed by atoms with Crippen LogP contribution in [-0.4, -0.2) is 36.0 Å². The average molecular weight is 301 g/mol. The van der Waals surface area contributed by atoms with Crippen molar-refractivity contribution in [3.63, 3.8) is 0 Å². The Morgan fingerprint density at radius 1 is 1.50 bits per heavy atom. The van der Waals surface area contributed by atoms with Crippen LogP contribution in [0.2, 0.25) is 0 Å². The monoisotopic (exact) mass is 301 g/mol. The first-order valence-electron chi connectivity index (χ1n) is 7.38. The van der Waals surface area contributed by atoms with Gasteiger partial charge in [-0.25, -0.2) is 0 Å². The highest BCUT2D eigenvalue weighted by Crippen LogP contribution is 2.44. The van der Waals surface area contributed by atoms with Crippen molar-refractivity contribution in [2.75, 3.05) is 13.2 Å². The van der Waals surface area contributed by atoms with Crippen LogP contribution in [0.15, 0.2) is 43.0 Å². The van der Waals surface area contributed by atoms with E-state index in [0.29, 0.717) is 13.0 Å². The van der Waals surface area contributed by atoms with E-state index in [-0.39, 0.29) is 18.6 Å². The lowest BCUT2D eigenvalue weighted by molar-refractivity contribution is -0.158. The Hall–Kier alpha value is -2.14. The quantitative estimate of drug-likeness (QED) is 0.484. The molecule has 5 heteroatoms. The van der Waals surface area contributed by atoms with Crippen LogP contribution in [0.1, 0.15) is 18.9 Å². The lowest BCUT2D eigenvalue weighted by Crippen LogP contribution is -2.45. The number of rotatable bonds is 4. The van der Waals surface area contributed by atoms with E-state index in [2.05, 4.69) is 6.58 Å². The molecule has 0 bridgehead atoms.